The van der Waals surface area contributed by atoms with E-state index in [9.17, 15) is 19.1 Å². The van der Waals surface area contributed by atoms with Crippen LogP contribution in [0.25, 0.3) is 11.1 Å². The van der Waals surface area contributed by atoms with Gasteiger partial charge >= 0.3 is 5.97 Å². The molecule has 0 bridgehead atoms. The van der Waals surface area contributed by atoms with Crippen molar-refractivity contribution in [1.82, 2.24) is 9.88 Å². The van der Waals surface area contributed by atoms with Crippen molar-refractivity contribution in [3.05, 3.63) is 46.9 Å². The Morgan fingerprint density at radius 1 is 1.21 bits per heavy atom. The molecule has 2 aliphatic rings. The molecule has 1 aromatic carbocycles. The minimum absolute atomic E-state index is 0.0388. The van der Waals surface area contributed by atoms with Crippen LogP contribution in [0.15, 0.2) is 24.3 Å². The van der Waals surface area contributed by atoms with Crippen molar-refractivity contribution in [3.8, 4) is 11.1 Å². The van der Waals surface area contributed by atoms with E-state index in [1.54, 1.807) is 19.2 Å². The molecule has 8 heteroatoms. The minimum atomic E-state index is -1.04. The van der Waals surface area contributed by atoms with Gasteiger partial charge in [-0.25, -0.2) is 14.2 Å². The van der Waals surface area contributed by atoms with E-state index in [0.717, 1.165) is 29.7 Å². The van der Waals surface area contributed by atoms with Crippen LogP contribution in [0.5, 0.6) is 0 Å². The number of hydrogen-bond donors (Lipinski definition) is 1. The fraction of sp³-hybridized carbons (Fsp3) is 0.480. The Hall–Kier alpha value is -3.00. The molecule has 7 nitrogen and oxygen atoms in total. The van der Waals surface area contributed by atoms with Gasteiger partial charge in [0.2, 0.25) is 5.91 Å². The summed E-state index contributed by atoms with van der Waals surface area (Å²) in [5, 5.41) is 10.1. The zero-order chi connectivity index (χ0) is 23.7. The molecule has 0 radical (unpaired) electrons. The molecule has 2 aromatic rings. The van der Waals surface area contributed by atoms with Gasteiger partial charge in [0.25, 0.3) is 0 Å². The lowest BCUT2D eigenvalue weighted by molar-refractivity contribution is -0.134. The Morgan fingerprint density at radius 2 is 1.91 bits per heavy atom. The summed E-state index contributed by atoms with van der Waals surface area (Å²) >= 11 is 0. The van der Waals surface area contributed by atoms with Gasteiger partial charge in [-0.05, 0) is 49.9 Å². The highest BCUT2D eigenvalue weighted by atomic mass is 19.1. The third-order valence-electron chi connectivity index (χ3n) is 6.53. The van der Waals surface area contributed by atoms with Crippen molar-refractivity contribution in [1.29, 1.82) is 0 Å². The number of ether oxygens (including phenoxy) is 1. The zero-order valence-electron chi connectivity index (χ0n) is 19.3. The maximum absolute atomic E-state index is 13.5. The molecule has 1 aliphatic heterocycles. The first-order valence-electron chi connectivity index (χ1n) is 11.4. The number of methoxy groups -OCH3 is 1. The molecule has 33 heavy (non-hydrogen) atoms. The van der Waals surface area contributed by atoms with Gasteiger partial charge < -0.3 is 19.6 Å². The van der Waals surface area contributed by atoms with Gasteiger partial charge in [0.15, 0.2) is 0 Å². The molecular weight excluding hydrogens is 425 g/mol. The number of anilines is 1. The molecule has 2 heterocycles. The maximum Gasteiger partial charge on any atom is 0.339 e. The number of aromatic nitrogens is 1. The average molecular weight is 456 g/mol. The number of amides is 1. The number of benzene rings is 1. The summed E-state index contributed by atoms with van der Waals surface area (Å²) < 4.78 is 18.6. The fourth-order valence-electron chi connectivity index (χ4n) is 4.68. The van der Waals surface area contributed by atoms with Crippen molar-refractivity contribution >= 4 is 17.7 Å². The van der Waals surface area contributed by atoms with Crippen LogP contribution >= 0.6 is 0 Å². The number of pyridine rings is 1. The van der Waals surface area contributed by atoms with Gasteiger partial charge in [-0.3, -0.25) is 4.79 Å². The molecule has 0 spiro atoms. The van der Waals surface area contributed by atoms with Crippen LogP contribution in [-0.2, 0) is 9.53 Å². The third-order valence-corrected chi connectivity index (χ3v) is 6.53. The second-order valence-electron chi connectivity index (χ2n) is 8.91. The van der Waals surface area contributed by atoms with E-state index in [1.165, 1.54) is 12.1 Å². The highest BCUT2D eigenvalue weighted by molar-refractivity contribution is 5.98. The Labute approximate surface area is 193 Å². The fourth-order valence-corrected chi connectivity index (χ4v) is 4.68. The molecule has 1 N–H and O–H groups in total. The summed E-state index contributed by atoms with van der Waals surface area (Å²) in [5.74, 6) is -0.591. The first-order chi connectivity index (χ1) is 15.8. The molecule has 2 fully saturated rings. The first kappa shape index (κ1) is 23.2. The molecule has 1 saturated heterocycles. The van der Waals surface area contributed by atoms with Crippen LogP contribution in [0.2, 0.25) is 0 Å². The number of hydrogen-bond acceptors (Lipinski definition) is 5. The Balaban J connectivity index is 1.71. The normalized spacial score (nSPS) is 18.5. The lowest BCUT2D eigenvalue weighted by Gasteiger charge is -2.41. The van der Waals surface area contributed by atoms with E-state index in [0.29, 0.717) is 44.0 Å². The van der Waals surface area contributed by atoms with Crippen LogP contribution < -0.4 is 4.90 Å². The monoisotopic (exact) mass is 455 g/mol. The second kappa shape index (κ2) is 9.47. The summed E-state index contributed by atoms with van der Waals surface area (Å²) in [4.78, 5) is 33.6. The third kappa shape index (κ3) is 4.71. The number of rotatable bonds is 7. The Bertz CT molecular complexity index is 1050. The summed E-state index contributed by atoms with van der Waals surface area (Å²) in [6, 6.07) is 6.07. The van der Waals surface area contributed by atoms with E-state index in [4.69, 9.17) is 9.72 Å². The standard InChI is InChI=1S/C25H30FN3O4/c1-15-14-28(11-12-29(15)20(30)10-13-33-3)24-22(25(31)32)16(2)21(23(27-24)18-4-5-18)17-6-8-19(26)9-7-17/h6-9,15,18H,4-5,10-14H2,1-3H3,(H,31,32)/t15-/m1/s1. The predicted molar refractivity (Wildman–Crippen MR) is 123 cm³/mol. The Kier molecular flexibility index (Phi) is 6.65. The smallest absolute Gasteiger partial charge is 0.339 e. The highest BCUT2D eigenvalue weighted by Gasteiger charge is 2.35. The van der Waals surface area contributed by atoms with Crippen molar-refractivity contribution in [2.24, 2.45) is 0 Å². The van der Waals surface area contributed by atoms with Crippen LogP contribution in [0, 0.1) is 12.7 Å². The lowest BCUT2D eigenvalue weighted by Crippen LogP contribution is -2.54. The van der Waals surface area contributed by atoms with E-state index < -0.39 is 5.97 Å². The van der Waals surface area contributed by atoms with Gasteiger partial charge in [0.05, 0.1) is 18.7 Å². The van der Waals surface area contributed by atoms with E-state index >= 15 is 0 Å². The molecule has 1 atom stereocenters. The first-order valence-corrected chi connectivity index (χ1v) is 11.4. The average Bonchev–Trinajstić information content (AvgIpc) is 3.62. The summed E-state index contributed by atoms with van der Waals surface area (Å²) in [6.45, 7) is 5.68. The Morgan fingerprint density at radius 3 is 2.48 bits per heavy atom. The van der Waals surface area contributed by atoms with Crippen LogP contribution in [0.3, 0.4) is 0 Å². The van der Waals surface area contributed by atoms with Gasteiger partial charge in [0, 0.05) is 44.3 Å². The maximum atomic E-state index is 13.5. The minimum Gasteiger partial charge on any atom is -0.478 e. The molecule has 176 valence electrons. The van der Waals surface area contributed by atoms with Crippen molar-refractivity contribution in [3.63, 3.8) is 0 Å². The molecule has 1 aliphatic carbocycles. The number of carbonyl (C=O) groups excluding carboxylic acids is 1. The van der Waals surface area contributed by atoms with Crippen molar-refractivity contribution in [2.45, 2.75) is 45.1 Å². The SMILES string of the molecule is COCCC(=O)N1CCN(c2nc(C3CC3)c(-c3ccc(F)cc3)c(C)c2C(=O)O)C[C@H]1C. The number of carboxylic acids is 1. The zero-order valence-corrected chi connectivity index (χ0v) is 19.3. The quantitative estimate of drug-likeness (QED) is 0.683. The van der Waals surface area contributed by atoms with Crippen molar-refractivity contribution < 1.29 is 23.8 Å². The number of carboxylic acid groups (broad SMARTS) is 1. The largest absolute Gasteiger partial charge is 0.478 e. The number of piperazine rings is 1. The lowest BCUT2D eigenvalue weighted by atomic mass is 9.93. The van der Waals surface area contributed by atoms with E-state index in [2.05, 4.69) is 0 Å². The molecule has 0 unspecified atom stereocenters. The predicted octanol–water partition coefficient (Wildman–Crippen LogP) is 3.85. The number of aromatic carboxylic acids is 1. The molecule has 4 rings (SSSR count). The van der Waals surface area contributed by atoms with Gasteiger partial charge in [-0.2, -0.15) is 0 Å². The summed E-state index contributed by atoms with van der Waals surface area (Å²) in [5.41, 5.74) is 3.27. The van der Waals surface area contributed by atoms with Crippen molar-refractivity contribution in [2.75, 3.05) is 38.3 Å². The number of nitrogens with zero attached hydrogens (tertiary/aromatic N) is 3. The van der Waals surface area contributed by atoms with Gasteiger partial charge in [-0.15, -0.1) is 0 Å². The summed E-state index contributed by atoms with van der Waals surface area (Å²) in [7, 11) is 1.57. The molecular formula is C25H30FN3O4. The number of carbonyl (C=O) groups is 2. The molecule has 1 aromatic heterocycles. The van der Waals surface area contributed by atoms with Gasteiger partial charge in [0.1, 0.15) is 17.2 Å². The van der Waals surface area contributed by atoms with Crippen LogP contribution in [0.4, 0.5) is 10.2 Å². The van der Waals surface area contributed by atoms with E-state index in [-0.39, 0.29) is 29.2 Å². The summed E-state index contributed by atoms with van der Waals surface area (Å²) in [6.07, 6.45) is 2.34. The molecule has 1 amide bonds. The highest BCUT2D eigenvalue weighted by Crippen LogP contribution is 2.46. The second-order valence-corrected chi connectivity index (χ2v) is 8.91. The van der Waals surface area contributed by atoms with Gasteiger partial charge in [-0.1, -0.05) is 12.1 Å². The van der Waals surface area contributed by atoms with E-state index in [1.807, 2.05) is 23.6 Å². The van der Waals surface area contributed by atoms with Crippen LogP contribution in [0.1, 0.15) is 53.7 Å². The topological polar surface area (TPSA) is 83.0 Å². The van der Waals surface area contributed by atoms with Crippen LogP contribution in [-0.4, -0.2) is 66.3 Å². The molecule has 1 saturated carbocycles. The number of halogens is 1.